The molecule has 2 heterocycles. The summed E-state index contributed by atoms with van der Waals surface area (Å²) < 4.78 is 40.3. The van der Waals surface area contributed by atoms with Gasteiger partial charge in [0, 0.05) is 24.5 Å². The number of piperidine rings is 1. The number of carbonyl (C=O) groups excluding carboxylic acids is 3. The lowest BCUT2D eigenvalue weighted by Crippen LogP contribution is -2.58. The first-order valence-electron chi connectivity index (χ1n) is 13.7. The highest BCUT2D eigenvalue weighted by Gasteiger charge is 2.54. The number of likely N-dealkylation sites (tertiary alicyclic amines) is 1. The summed E-state index contributed by atoms with van der Waals surface area (Å²) in [5.41, 5.74) is 1.35. The summed E-state index contributed by atoms with van der Waals surface area (Å²) in [6.45, 7) is 4.29. The number of aryl methyl sites for hydroxylation is 2. The second-order valence-electron chi connectivity index (χ2n) is 10.7. The first kappa shape index (κ1) is 29.0. The number of rotatable bonds is 5. The van der Waals surface area contributed by atoms with Crippen LogP contribution in [0.4, 0.5) is 35.0 Å². The molecule has 0 radical (unpaired) electrons. The number of alkyl halides is 3. The number of nitrogens with one attached hydrogen (secondary N) is 2. The van der Waals surface area contributed by atoms with Gasteiger partial charge < -0.3 is 25.3 Å². The predicted molar refractivity (Wildman–Crippen MR) is 154 cm³/mol. The van der Waals surface area contributed by atoms with Gasteiger partial charge in [-0.05, 0) is 74.2 Å². The zero-order chi connectivity index (χ0) is 30.1. The van der Waals surface area contributed by atoms with Crippen molar-refractivity contribution in [3.8, 4) is 0 Å². The van der Waals surface area contributed by atoms with E-state index in [1.54, 1.807) is 0 Å². The average molecular weight is 580 g/mol. The fraction of sp³-hybridized carbons (Fsp3) is 0.323. The number of carbonyl (C=O) groups is 3. The summed E-state index contributed by atoms with van der Waals surface area (Å²) >= 11 is 0. The van der Waals surface area contributed by atoms with Crippen LogP contribution in [-0.4, -0.2) is 59.5 Å². The van der Waals surface area contributed by atoms with E-state index in [2.05, 4.69) is 10.6 Å². The van der Waals surface area contributed by atoms with Crippen LogP contribution >= 0.6 is 0 Å². The van der Waals surface area contributed by atoms with E-state index in [1.807, 2.05) is 67.3 Å². The third-order valence-electron chi connectivity index (χ3n) is 8.06. The Balaban J connectivity index is 1.31. The van der Waals surface area contributed by atoms with Gasteiger partial charge in [0.05, 0.1) is 17.9 Å². The Hall–Kier alpha value is -4.54. The van der Waals surface area contributed by atoms with Crippen LogP contribution in [-0.2, 0) is 15.8 Å². The van der Waals surface area contributed by atoms with Crippen molar-refractivity contribution in [3.05, 3.63) is 89.5 Å². The molecule has 0 aliphatic carbocycles. The molecule has 0 aromatic heterocycles. The van der Waals surface area contributed by atoms with E-state index in [9.17, 15) is 27.6 Å². The van der Waals surface area contributed by atoms with Gasteiger partial charge >= 0.3 is 12.2 Å². The lowest BCUT2D eigenvalue weighted by atomic mass is 9.85. The van der Waals surface area contributed by atoms with E-state index in [0.29, 0.717) is 5.69 Å². The molecule has 220 valence electrons. The Morgan fingerprint density at radius 1 is 0.881 bits per heavy atom. The molecule has 3 aromatic carbocycles. The van der Waals surface area contributed by atoms with Crippen LogP contribution in [0.2, 0.25) is 0 Å². The molecule has 0 saturated carbocycles. The highest BCUT2D eigenvalue weighted by Crippen LogP contribution is 2.40. The SMILES string of the molecule is Cc1ccc(NC(=O)CN2CN(c3ccccc3)C3(CCN(C(=O)Nc4ccccc4C(F)(F)F)CC3)C2=O)cc1C. The van der Waals surface area contributed by atoms with E-state index in [0.717, 1.165) is 22.9 Å². The van der Waals surface area contributed by atoms with E-state index in [-0.39, 0.29) is 56.6 Å². The Labute approximate surface area is 242 Å². The maximum Gasteiger partial charge on any atom is 0.418 e. The lowest BCUT2D eigenvalue weighted by molar-refractivity contribution is -0.137. The number of benzene rings is 3. The molecule has 0 bridgehead atoms. The van der Waals surface area contributed by atoms with Crippen molar-refractivity contribution in [1.82, 2.24) is 9.80 Å². The molecule has 2 fully saturated rings. The highest BCUT2D eigenvalue weighted by molar-refractivity contribution is 5.99. The van der Waals surface area contributed by atoms with Crippen LogP contribution in [0.25, 0.3) is 0 Å². The molecule has 2 aliphatic heterocycles. The van der Waals surface area contributed by atoms with Gasteiger partial charge in [-0.3, -0.25) is 9.59 Å². The second-order valence-corrected chi connectivity index (χ2v) is 10.7. The number of amides is 4. The molecule has 2 aliphatic rings. The number of anilines is 3. The zero-order valence-corrected chi connectivity index (χ0v) is 23.4. The largest absolute Gasteiger partial charge is 0.418 e. The molecule has 3 aromatic rings. The van der Waals surface area contributed by atoms with Gasteiger partial charge in [0.1, 0.15) is 12.1 Å². The smallest absolute Gasteiger partial charge is 0.339 e. The number of para-hydroxylation sites is 2. The van der Waals surface area contributed by atoms with Crippen LogP contribution in [0.3, 0.4) is 0 Å². The Kier molecular flexibility index (Phi) is 7.85. The van der Waals surface area contributed by atoms with E-state index in [4.69, 9.17) is 0 Å². The fourth-order valence-electron chi connectivity index (χ4n) is 5.63. The van der Waals surface area contributed by atoms with Crippen LogP contribution in [0, 0.1) is 13.8 Å². The van der Waals surface area contributed by atoms with Crippen molar-refractivity contribution in [3.63, 3.8) is 0 Å². The zero-order valence-electron chi connectivity index (χ0n) is 23.4. The van der Waals surface area contributed by atoms with Gasteiger partial charge in [-0.2, -0.15) is 13.2 Å². The molecule has 1 spiro atoms. The summed E-state index contributed by atoms with van der Waals surface area (Å²) in [4.78, 5) is 44.8. The molecule has 4 amide bonds. The van der Waals surface area contributed by atoms with Crippen molar-refractivity contribution >= 4 is 34.9 Å². The molecular weight excluding hydrogens is 547 g/mol. The molecule has 0 unspecified atom stereocenters. The third kappa shape index (κ3) is 5.77. The van der Waals surface area contributed by atoms with Gasteiger partial charge in [-0.1, -0.05) is 36.4 Å². The van der Waals surface area contributed by atoms with Crippen molar-refractivity contribution in [2.75, 3.05) is 41.8 Å². The Bertz CT molecular complexity index is 1490. The number of nitrogens with zero attached hydrogens (tertiary/aromatic N) is 3. The van der Waals surface area contributed by atoms with E-state index < -0.39 is 23.3 Å². The minimum absolute atomic E-state index is 0.144. The topological polar surface area (TPSA) is 85.0 Å². The average Bonchev–Trinajstić information content (AvgIpc) is 3.21. The van der Waals surface area contributed by atoms with Crippen LogP contribution in [0.15, 0.2) is 72.8 Å². The fourth-order valence-corrected chi connectivity index (χ4v) is 5.63. The van der Waals surface area contributed by atoms with Gasteiger partial charge in [-0.25, -0.2) is 4.79 Å². The van der Waals surface area contributed by atoms with Crippen LogP contribution < -0.4 is 15.5 Å². The van der Waals surface area contributed by atoms with Gasteiger partial charge in [0.15, 0.2) is 0 Å². The monoisotopic (exact) mass is 579 g/mol. The standard InChI is InChI=1S/C31H32F3N5O3/c1-21-12-13-23(18-22(21)2)35-27(40)19-38-20-39(24-8-4-3-5-9-24)30(28(38)41)14-16-37(17-15-30)29(42)36-26-11-7-6-10-25(26)31(32,33)34/h3-13,18H,14-17,19-20H2,1-2H3,(H,35,40)(H,36,42). The molecule has 2 saturated heterocycles. The summed E-state index contributed by atoms with van der Waals surface area (Å²) in [6.07, 6.45) is -4.11. The van der Waals surface area contributed by atoms with E-state index in [1.165, 1.54) is 28.0 Å². The van der Waals surface area contributed by atoms with Crippen LogP contribution in [0.1, 0.15) is 29.5 Å². The Morgan fingerprint density at radius 3 is 2.21 bits per heavy atom. The second kappa shape index (κ2) is 11.4. The first-order chi connectivity index (χ1) is 20.0. The lowest BCUT2D eigenvalue weighted by Gasteiger charge is -2.43. The number of halogens is 3. The minimum Gasteiger partial charge on any atom is -0.339 e. The molecule has 8 nitrogen and oxygen atoms in total. The van der Waals surface area contributed by atoms with Gasteiger partial charge in [0.2, 0.25) is 5.91 Å². The summed E-state index contributed by atoms with van der Waals surface area (Å²) in [5, 5.41) is 5.26. The summed E-state index contributed by atoms with van der Waals surface area (Å²) in [7, 11) is 0. The van der Waals surface area contributed by atoms with Crippen LogP contribution in [0.5, 0.6) is 0 Å². The molecule has 0 atom stereocenters. The molecule has 42 heavy (non-hydrogen) atoms. The number of hydrogen-bond acceptors (Lipinski definition) is 4. The molecule has 2 N–H and O–H groups in total. The summed E-state index contributed by atoms with van der Waals surface area (Å²) in [6, 6.07) is 19.2. The minimum atomic E-state index is -4.61. The van der Waals surface area contributed by atoms with Crippen molar-refractivity contribution in [2.45, 2.75) is 38.4 Å². The molecular formula is C31H32F3N5O3. The molecule has 5 rings (SSSR count). The maximum atomic E-state index is 13.9. The normalized spacial score (nSPS) is 16.6. The van der Waals surface area contributed by atoms with E-state index >= 15 is 0 Å². The first-order valence-corrected chi connectivity index (χ1v) is 13.7. The molecule has 11 heteroatoms. The number of hydrogen-bond donors (Lipinski definition) is 2. The quantitative estimate of drug-likeness (QED) is 0.410. The number of urea groups is 1. The summed E-state index contributed by atoms with van der Waals surface area (Å²) in [5.74, 6) is -0.541. The van der Waals surface area contributed by atoms with Crippen molar-refractivity contribution in [1.29, 1.82) is 0 Å². The van der Waals surface area contributed by atoms with Gasteiger partial charge in [-0.15, -0.1) is 0 Å². The van der Waals surface area contributed by atoms with Crippen molar-refractivity contribution in [2.24, 2.45) is 0 Å². The van der Waals surface area contributed by atoms with Gasteiger partial charge in [0.25, 0.3) is 5.91 Å². The highest BCUT2D eigenvalue weighted by atomic mass is 19.4. The predicted octanol–water partition coefficient (Wildman–Crippen LogP) is 5.63. The maximum absolute atomic E-state index is 13.9. The Morgan fingerprint density at radius 2 is 1.55 bits per heavy atom. The van der Waals surface area contributed by atoms with Crippen molar-refractivity contribution < 1.29 is 27.6 Å². The third-order valence-corrected chi connectivity index (χ3v) is 8.06.